The number of amides is 1. The van der Waals surface area contributed by atoms with E-state index in [0.717, 1.165) is 0 Å². The summed E-state index contributed by atoms with van der Waals surface area (Å²) in [6, 6.07) is 4.17. The third kappa shape index (κ3) is 4.48. The molecule has 3 aliphatic heterocycles. The van der Waals surface area contributed by atoms with Gasteiger partial charge in [-0.15, -0.1) is 0 Å². The first kappa shape index (κ1) is 26.6. The van der Waals surface area contributed by atoms with E-state index in [2.05, 4.69) is 4.98 Å². The van der Waals surface area contributed by atoms with Crippen molar-refractivity contribution in [2.75, 3.05) is 34.4 Å². The number of pyridine rings is 1. The molecule has 2 fully saturated rings. The van der Waals surface area contributed by atoms with Gasteiger partial charge in [-0.1, -0.05) is 6.92 Å². The minimum Gasteiger partial charge on any atom is -0.344 e. The monoisotopic (exact) mass is 549 g/mol. The van der Waals surface area contributed by atoms with E-state index in [9.17, 15) is 26.8 Å². The smallest absolute Gasteiger partial charge is 0.282 e. The number of sulfone groups is 1. The Morgan fingerprint density at radius 2 is 1.68 bits per heavy atom. The van der Waals surface area contributed by atoms with Crippen molar-refractivity contribution in [3.8, 4) is 0 Å². The van der Waals surface area contributed by atoms with Gasteiger partial charge in [-0.05, 0) is 62.3 Å². The molecule has 0 atom stereocenters. The number of anilines is 3. The van der Waals surface area contributed by atoms with E-state index >= 15 is 4.39 Å². The summed E-state index contributed by atoms with van der Waals surface area (Å²) in [5.74, 6) is -4.04. The molecule has 3 aliphatic rings. The molecule has 1 amide bonds. The van der Waals surface area contributed by atoms with Crippen molar-refractivity contribution in [1.29, 1.82) is 0 Å². The van der Waals surface area contributed by atoms with Gasteiger partial charge in [-0.3, -0.25) is 14.5 Å². The van der Waals surface area contributed by atoms with Crippen molar-refractivity contribution in [2.24, 2.45) is 5.41 Å². The number of carbonyl (C=O) groups excluding carboxylic acids is 2. The Morgan fingerprint density at radius 3 is 2.29 bits per heavy atom. The summed E-state index contributed by atoms with van der Waals surface area (Å²) >= 11 is 0. The molecule has 1 aromatic carbocycles. The minimum absolute atomic E-state index is 0.00227. The van der Waals surface area contributed by atoms with Crippen LogP contribution in [0, 0.1) is 18.2 Å². The number of hydrogen-bond acceptors (Lipinski definition) is 6. The van der Waals surface area contributed by atoms with Crippen molar-refractivity contribution < 1.29 is 31.2 Å². The number of hydrogen-bond donors (Lipinski definition) is 0. The molecule has 2 aromatic rings. The number of carbonyl (C=O) groups is 2. The van der Waals surface area contributed by atoms with Gasteiger partial charge in [0.1, 0.15) is 21.5 Å². The second-order valence-electron chi connectivity index (χ2n) is 11.7. The molecule has 0 bridgehead atoms. The van der Waals surface area contributed by atoms with Crippen LogP contribution in [-0.4, -0.2) is 55.6 Å². The third-order valence-corrected chi connectivity index (χ3v) is 9.78. The van der Waals surface area contributed by atoms with Crippen LogP contribution in [0.4, 0.5) is 30.4 Å². The van der Waals surface area contributed by atoms with E-state index in [1.807, 2.05) is 6.92 Å². The molecule has 1 aromatic heterocycles. The van der Waals surface area contributed by atoms with Gasteiger partial charge in [0.05, 0.1) is 46.9 Å². The lowest BCUT2D eigenvalue weighted by Crippen LogP contribution is -2.56. The van der Waals surface area contributed by atoms with Gasteiger partial charge >= 0.3 is 0 Å². The number of fused-ring (bicyclic) bond motifs is 1. The van der Waals surface area contributed by atoms with Crippen LogP contribution < -0.4 is 9.80 Å². The zero-order valence-electron chi connectivity index (χ0n) is 21.8. The van der Waals surface area contributed by atoms with E-state index in [0.29, 0.717) is 41.2 Å². The Balaban J connectivity index is 1.49. The number of nitrogens with zero attached hydrogens (tertiary/aromatic N) is 3. The second kappa shape index (κ2) is 8.53. The van der Waals surface area contributed by atoms with Crippen LogP contribution in [0.1, 0.15) is 61.5 Å². The van der Waals surface area contributed by atoms with Crippen molar-refractivity contribution in [3.05, 3.63) is 46.9 Å². The first-order valence-corrected chi connectivity index (χ1v) is 14.4. The molecule has 0 unspecified atom stereocenters. The number of aryl methyl sites for hydroxylation is 1. The van der Waals surface area contributed by atoms with Gasteiger partial charge in [-0.25, -0.2) is 26.6 Å². The average Bonchev–Trinajstić information content (AvgIpc) is 2.99. The molecule has 38 heavy (non-hydrogen) atoms. The average molecular weight is 550 g/mol. The number of ketones is 1. The van der Waals surface area contributed by atoms with E-state index in [1.165, 1.54) is 28.1 Å². The number of alkyl halides is 2. The molecular weight excluding hydrogens is 519 g/mol. The molecule has 0 radical (unpaired) electrons. The first-order chi connectivity index (χ1) is 17.5. The maximum absolute atomic E-state index is 15.5. The predicted molar refractivity (Wildman–Crippen MR) is 138 cm³/mol. The highest BCUT2D eigenvalue weighted by Crippen LogP contribution is 2.48. The van der Waals surface area contributed by atoms with Crippen molar-refractivity contribution in [3.63, 3.8) is 0 Å². The zero-order valence-corrected chi connectivity index (χ0v) is 22.6. The Labute approximate surface area is 219 Å². The topological polar surface area (TPSA) is 87.7 Å². The molecule has 5 rings (SSSR count). The van der Waals surface area contributed by atoms with Gasteiger partial charge in [-0.2, -0.15) is 0 Å². The maximum atomic E-state index is 15.5. The normalized spacial score (nSPS) is 22.7. The van der Waals surface area contributed by atoms with Crippen molar-refractivity contribution in [1.82, 2.24) is 4.98 Å². The van der Waals surface area contributed by atoms with Crippen LogP contribution in [0.3, 0.4) is 0 Å². The molecule has 0 N–H and O–H groups in total. The van der Waals surface area contributed by atoms with Crippen LogP contribution in [0.2, 0.25) is 0 Å². The Hall–Kier alpha value is -2.95. The SMILES string of the molecule is Cc1cnc(N2CC(F)(F)C2)cc1N1C(=O)C(C)(C)c2cc(C(=O)CC3(C)CCS(=O)(=O)CC3)c(F)cc21. The van der Waals surface area contributed by atoms with E-state index < -0.39 is 51.3 Å². The number of halogens is 3. The highest BCUT2D eigenvalue weighted by atomic mass is 32.2. The molecule has 2 saturated heterocycles. The summed E-state index contributed by atoms with van der Waals surface area (Å²) in [5.41, 5.74) is 0.0330. The summed E-state index contributed by atoms with van der Waals surface area (Å²) in [7, 11) is -3.11. The Bertz CT molecular complexity index is 1450. The predicted octanol–water partition coefficient (Wildman–Crippen LogP) is 4.73. The molecular formula is C27H30F3N3O4S. The third-order valence-electron chi connectivity index (χ3n) is 8.13. The van der Waals surface area contributed by atoms with Gasteiger partial charge in [0.25, 0.3) is 5.92 Å². The van der Waals surface area contributed by atoms with Gasteiger partial charge in [0.2, 0.25) is 5.91 Å². The molecule has 0 spiro atoms. The fourth-order valence-corrected chi connectivity index (χ4v) is 7.30. The van der Waals surface area contributed by atoms with Crippen LogP contribution in [0.15, 0.2) is 24.4 Å². The first-order valence-electron chi connectivity index (χ1n) is 12.5. The van der Waals surface area contributed by atoms with Gasteiger partial charge in [0, 0.05) is 18.7 Å². The standard InChI is InChI=1S/C27H30F3N3O4S/c1-16-13-31-23(32-14-27(29,30)15-32)11-20(16)33-21-10-19(28)17(9-18(21)25(2,3)24(33)35)22(34)12-26(4)5-7-38(36,37)8-6-26/h9-11,13H,5-8,12,14-15H2,1-4H3. The summed E-state index contributed by atoms with van der Waals surface area (Å²) in [5, 5.41) is 0. The highest BCUT2D eigenvalue weighted by molar-refractivity contribution is 7.91. The van der Waals surface area contributed by atoms with Gasteiger partial charge < -0.3 is 4.90 Å². The van der Waals surface area contributed by atoms with Crippen LogP contribution in [0.5, 0.6) is 0 Å². The fraction of sp³-hybridized carbons (Fsp3) is 0.519. The molecule has 7 nitrogen and oxygen atoms in total. The fourth-order valence-electron chi connectivity index (χ4n) is 5.49. The summed E-state index contributed by atoms with van der Waals surface area (Å²) < 4.78 is 66.0. The molecule has 11 heteroatoms. The number of aromatic nitrogens is 1. The molecule has 0 saturated carbocycles. The summed E-state index contributed by atoms with van der Waals surface area (Å²) in [6.45, 7) is 6.03. The van der Waals surface area contributed by atoms with E-state index in [1.54, 1.807) is 26.8 Å². The molecule has 204 valence electrons. The number of rotatable bonds is 5. The second-order valence-corrected chi connectivity index (χ2v) is 14.0. The van der Waals surface area contributed by atoms with Gasteiger partial charge in [0.15, 0.2) is 5.78 Å². The largest absolute Gasteiger partial charge is 0.344 e. The minimum atomic E-state index is -3.11. The zero-order chi connectivity index (χ0) is 27.8. The summed E-state index contributed by atoms with van der Waals surface area (Å²) in [6.07, 6.45) is 2.16. The lowest BCUT2D eigenvalue weighted by molar-refractivity contribution is -0.121. The van der Waals surface area contributed by atoms with Crippen molar-refractivity contribution >= 4 is 38.7 Å². The Morgan fingerprint density at radius 1 is 1.05 bits per heavy atom. The van der Waals surface area contributed by atoms with Crippen LogP contribution in [0.25, 0.3) is 0 Å². The highest BCUT2D eigenvalue weighted by Gasteiger charge is 2.48. The van der Waals surface area contributed by atoms with Crippen LogP contribution in [-0.2, 0) is 20.0 Å². The van der Waals surface area contributed by atoms with E-state index in [-0.39, 0.29) is 29.4 Å². The maximum Gasteiger partial charge on any atom is 0.282 e. The molecule has 0 aliphatic carbocycles. The quantitative estimate of drug-likeness (QED) is 0.502. The number of benzene rings is 1. The number of Topliss-reactive ketones (excluding diaryl/α,β-unsaturated/α-hetero) is 1. The molecule has 4 heterocycles. The summed E-state index contributed by atoms with van der Waals surface area (Å²) in [4.78, 5) is 33.9. The lowest BCUT2D eigenvalue weighted by atomic mass is 9.78. The van der Waals surface area contributed by atoms with Crippen LogP contribution >= 0.6 is 0 Å². The lowest BCUT2D eigenvalue weighted by Gasteiger charge is -2.40. The Kier molecular flexibility index (Phi) is 5.98. The van der Waals surface area contributed by atoms with Crippen molar-refractivity contribution in [2.45, 2.75) is 58.3 Å². The van der Waals surface area contributed by atoms with E-state index in [4.69, 9.17) is 0 Å².